The van der Waals surface area contributed by atoms with E-state index in [1.54, 1.807) is 7.05 Å². The second kappa shape index (κ2) is 6.40. The van der Waals surface area contributed by atoms with Gasteiger partial charge in [-0.1, -0.05) is 12.1 Å². The Balaban J connectivity index is 2.54. The summed E-state index contributed by atoms with van der Waals surface area (Å²) in [5.41, 5.74) is 1.22. The van der Waals surface area contributed by atoms with Gasteiger partial charge in [-0.15, -0.1) is 0 Å². The van der Waals surface area contributed by atoms with Gasteiger partial charge in [0, 0.05) is 19.1 Å². The predicted molar refractivity (Wildman–Crippen MR) is 72.6 cm³/mol. The molecule has 4 heteroatoms. The Kier molecular flexibility index (Phi) is 5.16. The van der Waals surface area contributed by atoms with Gasteiger partial charge in [0.05, 0.1) is 0 Å². The van der Waals surface area contributed by atoms with Crippen LogP contribution < -0.4 is 15.4 Å². The normalized spacial score (nSPS) is 11.1. The molecule has 1 rings (SSSR count). The van der Waals surface area contributed by atoms with Crippen LogP contribution in [0.2, 0.25) is 0 Å². The summed E-state index contributed by atoms with van der Waals surface area (Å²) in [5.74, 6) is 0.583. The van der Waals surface area contributed by atoms with Gasteiger partial charge in [0.25, 0.3) is 5.91 Å². The Morgan fingerprint density at radius 3 is 2.67 bits per heavy atom. The maximum atomic E-state index is 11.1. The van der Waals surface area contributed by atoms with Crippen LogP contribution in [0, 0.1) is 0 Å². The second-order valence-electron chi connectivity index (χ2n) is 5.21. The molecule has 0 spiro atoms. The topological polar surface area (TPSA) is 50.4 Å². The molecule has 0 saturated carbocycles. The van der Waals surface area contributed by atoms with Crippen LogP contribution in [0.5, 0.6) is 5.75 Å². The van der Waals surface area contributed by atoms with Crippen molar-refractivity contribution in [1.29, 1.82) is 0 Å². The second-order valence-corrected chi connectivity index (χ2v) is 5.21. The minimum Gasteiger partial charge on any atom is -0.484 e. The Morgan fingerprint density at radius 2 is 2.06 bits per heavy atom. The summed E-state index contributed by atoms with van der Waals surface area (Å²) in [6, 6.07) is 7.76. The van der Waals surface area contributed by atoms with Gasteiger partial charge in [-0.05, 0) is 38.5 Å². The van der Waals surface area contributed by atoms with Gasteiger partial charge < -0.3 is 15.4 Å². The third-order valence-corrected chi connectivity index (χ3v) is 2.37. The first-order valence-electron chi connectivity index (χ1n) is 6.08. The Labute approximate surface area is 109 Å². The van der Waals surface area contributed by atoms with Crippen molar-refractivity contribution in [3.05, 3.63) is 29.8 Å². The van der Waals surface area contributed by atoms with Crippen LogP contribution in [0.1, 0.15) is 26.3 Å². The highest BCUT2D eigenvalue weighted by Gasteiger charge is 2.08. The molecule has 1 aromatic rings. The predicted octanol–water partition coefficient (Wildman–Crippen LogP) is 1.70. The number of rotatable bonds is 5. The molecule has 0 aromatic heterocycles. The zero-order chi connectivity index (χ0) is 13.6. The van der Waals surface area contributed by atoms with Gasteiger partial charge in [-0.2, -0.15) is 0 Å². The van der Waals surface area contributed by atoms with Crippen molar-refractivity contribution in [1.82, 2.24) is 10.6 Å². The van der Waals surface area contributed by atoms with Crippen LogP contribution in [-0.4, -0.2) is 25.1 Å². The van der Waals surface area contributed by atoms with E-state index in [1.807, 2.05) is 24.3 Å². The van der Waals surface area contributed by atoms with Crippen LogP contribution in [-0.2, 0) is 11.3 Å². The molecule has 0 bridgehead atoms. The first-order valence-corrected chi connectivity index (χ1v) is 6.08. The van der Waals surface area contributed by atoms with Crippen LogP contribution in [0.3, 0.4) is 0 Å². The lowest BCUT2D eigenvalue weighted by Gasteiger charge is -2.20. The summed E-state index contributed by atoms with van der Waals surface area (Å²) in [7, 11) is 1.59. The van der Waals surface area contributed by atoms with Gasteiger partial charge in [0.1, 0.15) is 5.75 Å². The van der Waals surface area contributed by atoms with Gasteiger partial charge >= 0.3 is 0 Å². The zero-order valence-electron chi connectivity index (χ0n) is 11.5. The maximum absolute atomic E-state index is 11.1. The number of amides is 1. The molecule has 18 heavy (non-hydrogen) atoms. The molecule has 0 saturated heterocycles. The molecule has 0 unspecified atom stereocenters. The number of benzene rings is 1. The maximum Gasteiger partial charge on any atom is 0.257 e. The van der Waals surface area contributed by atoms with E-state index in [-0.39, 0.29) is 18.1 Å². The number of nitrogens with one attached hydrogen (secondary N) is 2. The molecule has 0 radical (unpaired) electrons. The fourth-order valence-electron chi connectivity index (χ4n) is 1.33. The summed E-state index contributed by atoms with van der Waals surface area (Å²) in [6.07, 6.45) is 0. The molecular weight excluding hydrogens is 228 g/mol. The number of hydrogen-bond donors (Lipinski definition) is 2. The summed E-state index contributed by atoms with van der Waals surface area (Å²) in [5, 5.41) is 5.93. The Morgan fingerprint density at radius 1 is 1.33 bits per heavy atom. The van der Waals surface area contributed by atoms with Crippen molar-refractivity contribution < 1.29 is 9.53 Å². The number of hydrogen-bond acceptors (Lipinski definition) is 3. The number of ether oxygens (including phenoxy) is 1. The summed E-state index contributed by atoms with van der Waals surface area (Å²) in [4.78, 5) is 11.1. The van der Waals surface area contributed by atoms with Gasteiger partial charge in [-0.3, -0.25) is 4.79 Å². The molecule has 100 valence electrons. The fraction of sp³-hybridized carbons (Fsp3) is 0.500. The summed E-state index contributed by atoms with van der Waals surface area (Å²) in [6.45, 7) is 7.20. The number of carbonyl (C=O) groups excluding carboxylic acids is 1. The Hall–Kier alpha value is -1.55. The van der Waals surface area contributed by atoms with E-state index in [2.05, 4.69) is 31.4 Å². The van der Waals surface area contributed by atoms with Crippen molar-refractivity contribution in [2.45, 2.75) is 32.9 Å². The minimum atomic E-state index is -0.131. The SMILES string of the molecule is CNC(=O)COc1cccc(CNC(C)(C)C)c1. The van der Waals surface area contributed by atoms with Gasteiger partial charge in [0.2, 0.25) is 0 Å². The third-order valence-electron chi connectivity index (χ3n) is 2.37. The average Bonchev–Trinajstić information content (AvgIpc) is 2.33. The highest BCUT2D eigenvalue weighted by Crippen LogP contribution is 2.14. The molecule has 0 heterocycles. The highest BCUT2D eigenvalue weighted by molar-refractivity contribution is 5.77. The van der Waals surface area contributed by atoms with Crippen molar-refractivity contribution in [3.8, 4) is 5.75 Å². The molecule has 0 atom stereocenters. The molecule has 0 aliphatic heterocycles. The van der Waals surface area contributed by atoms with E-state index >= 15 is 0 Å². The van der Waals surface area contributed by atoms with Crippen molar-refractivity contribution in [2.24, 2.45) is 0 Å². The first-order chi connectivity index (χ1) is 8.40. The van der Waals surface area contributed by atoms with Gasteiger partial charge in [-0.25, -0.2) is 0 Å². The lowest BCUT2D eigenvalue weighted by Crippen LogP contribution is -2.35. The molecule has 2 N–H and O–H groups in total. The molecule has 4 nitrogen and oxygen atoms in total. The number of carbonyl (C=O) groups is 1. The molecular formula is C14H22N2O2. The largest absolute Gasteiger partial charge is 0.484 e. The van der Waals surface area contributed by atoms with Crippen LogP contribution in [0.15, 0.2) is 24.3 Å². The fourth-order valence-corrected chi connectivity index (χ4v) is 1.33. The summed E-state index contributed by atoms with van der Waals surface area (Å²) >= 11 is 0. The molecule has 0 fully saturated rings. The van der Waals surface area contributed by atoms with Crippen LogP contribution in [0.4, 0.5) is 0 Å². The van der Waals surface area contributed by atoms with Crippen LogP contribution in [0.25, 0.3) is 0 Å². The standard InChI is InChI=1S/C14H22N2O2/c1-14(2,3)16-9-11-6-5-7-12(8-11)18-10-13(17)15-4/h5-8,16H,9-10H2,1-4H3,(H,15,17). The monoisotopic (exact) mass is 250 g/mol. The lowest BCUT2D eigenvalue weighted by atomic mass is 10.1. The van der Waals surface area contributed by atoms with Gasteiger partial charge in [0.15, 0.2) is 6.61 Å². The molecule has 0 aliphatic carbocycles. The van der Waals surface area contributed by atoms with Crippen LogP contribution >= 0.6 is 0 Å². The van der Waals surface area contributed by atoms with E-state index in [9.17, 15) is 4.79 Å². The van der Waals surface area contributed by atoms with E-state index in [4.69, 9.17) is 4.74 Å². The summed E-state index contributed by atoms with van der Waals surface area (Å²) < 4.78 is 5.39. The van der Waals surface area contributed by atoms with Crippen molar-refractivity contribution >= 4 is 5.91 Å². The van der Waals surface area contributed by atoms with E-state index < -0.39 is 0 Å². The lowest BCUT2D eigenvalue weighted by molar-refractivity contribution is -0.122. The molecule has 1 amide bonds. The minimum absolute atomic E-state index is 0.0483. The Bertz CT molecular complexity index is 397. The van der Waals surface area contributed by atoms with E-state index in [0.29, 0.717) is 5.75 Å². The molecule has 1 aromatic carbocycles. The molecule has 0 aliphatic rings. The van der Waals surface area contributed by atoms with E-state index in [0.717, 1.165) is 12.1 Å². The average molecular weight is 250 g/mol. The van der Waals surface area contributed by atoms with Crippen molar-refractivity contribution in [2.75, 3.05) is 13.7 Å². The first kappa shape index (κ1) is 14.5. The quantitative estimate of drug-likeness (QED) is 0.836. The van der Waals surface area contributed by atoms with Crippen molar-refractivity contribution in [3.63, 3.8) is 0 Å². The van der Waals surface area contributed by atoms with E-state index in [1.165, 1.54) is 0 Å². The zero-order valence-corrected chi connectivity index (χ0v) is 11.5. The highest BCUT2D eigenvalue weighted by atomic mass is 16.5. The smallest absolute Gasteiger partial charge is 0.257 e. The third kappa shape index (κ3) is 5.68. The number of likely N-dealkylation sites (N-methyl/N-ethyl adjacent to an activating group) is 1.